The van der Waals surface area contributed by atoms with Gasteiger partial charge in [0.1, 0.15) is 24.2 Å². The molecule has 0 spiro atoms. The lowest BCUT2D eigenvalue weighted by Crippen LogP contribution is -2.59. The predicted molar refractivity (Wildman–Crippen MR) is 139 cm³/mol. The summed E-state index contributed by atoms with van der Waals surface area (Å²) in [7, 11) is 0. The number of aromatic nitrogens is 1. The molecule has 1 aromatic carbocycles. The molecule has 0 radical (unpaired) electrons. The van der Waals surface area contributed by atoms with Crippen molar-refractivity contribution in [2.24, 2.45) is 17.6 Å². The van der Waals surface area contributed by atoms with E-state index < -0.39 is 54.0 Å². The van der Waals surface area contributed by atoms with Crippen molar-refractivity contribution in [2.75, 3.05) is 0 Å². The first kappa shape index (κ1) is 29.8. The highest BCUT2D eigenvalue weighted by Gasteiger charge is 2.33. The third-order valence-corrected chi connectivity index (χ3v) is 6.12. The van der Waals surface area contributed by atoms with Crippen LogP contribution in [0.2, 0.25) is 0 Å². The topological polar surface area (TPSA) is 187 Å². The molecule has 2 rings (SSSR count). The van der Waals surface area contributed by atoms with Crippen molar-refractivity contribution in [1.29, 1.82) is 0 Å². The summed E-state index contributed by atoms with van der Waals surface area (Å²) in [6, 6.07) is 2.96. The molecule has 0 aliphatic rings. The molecule has 3 amide bonds. The summed E-state index contributed by atoms with van der Waals surface area (Å²) in [6.07, 6.45) is 0.923. The number of aliphatic hydroxyl groups excluding tert-OH is 1. The van der Waals surface area contributed by atoms with Crippen LogP contribution in [0.5, 0.6) is 0 Å². The molecule has 8 N–H and O–H groups in total. The molecule has 5 atom stereocenters. The van der Waals surface area contributed by atoms with Crippen LogP contribution in [0.15, 0.2) is 30.5 Å². The Morgan fingerprint density at radius 1 is 0.919 bits per heavy atom. The van der Waals surface area contributed by atoms with Crippen LogP contribution < -0.4 is 21.7 Å². The summed E-state index contributed by atoms with van der Waals surface area (Å²) >= 11 is 0. The van der Waals surface area contributed by atoms with E-state index in [4.69, 9.17) is 5.73 Å². The number of carboxylic acids is 1. The van der Waals surface area contributed by atoms with Gasteiger partial charge in [0.05, 0.1) is 6.10 Å². The molecular weight excluding hydrogens is 478 g/mol. The van der Waals surface area contributed by atoms with Gasteiger partial charge in [0.15, 0.2) is 0 Å². The number of H-pyrrole nitrogens is 1. The molecule has 2 aromatic rings. The average Bonchev–Trinajstić information content (AvgIpc) is 3.22. The van der Waals surface area contributed by atoms with Gasteiger partial charge in [-0.15, -0.1) is 0 Å². The van der Waals surface area contributed by atoms with Gasteiger partial charge < -0.3 is 36.9 Å². The maximum atomic E-state index is 13.3. The zero-order valence-corrected chi connectivity index (χ0v) is 21.9. The van der Waals surface area contributed by atoms with Gasteiger partial charge in [0.2, 0.25) is 17.7 Å². The Labute approximate surface area is 216 Å². The van der Waals surface area contributed by atoms with Crippen LogP contribution in [-0.2, 0) is 25.6 Å². The molecule has 37 heavy (non-hydrogen) atoms. The molecule has 1 heterocycles. The zero-order chi connectivity index (χ0) is 27.9. The van der Waals surface area contributed by atoms with Crippen LogP contribution in [0.3, 0.4) is 0 Å². The number of rotatable bonds is 13. The van der Waals surface area contributed by atoms with E-state index in [1.165, 1.54) is 6.92 Å². The summed E-state index contributed by atoms with van der Waals surface area (Å²) in [6.45, 7) is 8.50. The summed E-state index contributed by atoms with van der Waals surface area (Å²) in [5.41, 5.74) is 7.32. The lowest BCUT2D eigenvalue weighted by molar-refractivity contribution is -0.142. The van der Waals surface area contributed by atoms with Gasteiger partial charge in [0.25, 0.3) is 0 Å². The first-order valence-electron chi connectivity index (χ1n) is 12.4. The van der Waals surface area contributed by atoms with E-state index in [1.807, 2.05) is 38.1 Å². The number of fused-ring (bicyclic) bond motifs is 1. The molecule has 204 valence electrons. The molecule has 11 heteroatoms. The van der Waals surface area contributed by atoms with Gasteiger partial charge in [-0.2, -0.15) is 0 Å². The van der Waals surface area contributed by atoms with Crippen LogP contribution in [0.4, 0.5) is 0 Å². The van der Waals surface area contributed by atoms with Gasteiger partial charge in [-0.25, -0.2) is 4.79 Å². The van der Waals surface area contributed by atoms with Crippen molar-refractivity contribution in [3.05, 3.63) is 36.0 Å². The van der Waals surface area contributed by atoms with Crippen LogP contribution in [0.1, 0.15) is 46.6 Å². The van der Waals surface area contributed by atoms with E-state index in [9.17, 15) is 29.4 Å². The van der Waals surface area contributed by atoms with Gasteiger partial charge in [-0.3, -0.25) is 14.4 Å². The lowest BCUT2D eigenvalue weighted by atomic mass is 9.99. The molecule has 5 unspecified atom stereocenters. The largest absolute Gasteiger partial charge is 0.480 e. The van der Waals surface area contributed by atoms with E-state index in [0.29, 0.717) is 0 Å². The van der Waals surface area contributed by atoms with Gasteiger partial charge >= 0.3 is 5.97 Å². The van der Waals surface area contributed by atoms with Crippen LogP contribution in [0.25, 0.3) is 10.9 Å². The smallest absolute Gasteiger partial charge is 0.326 e. The Bertz CT molecular complexity index is 1100. The van der Waals surface area contributed by atoms with Crippen molar-refractivity contribution in [2.45, 2.75) is 77.7 Å². The van der Waals surface area contributed by atoms with Crippen LogP contribution in [-0.4, -0.2) is 69.2 Å². The number of amides is 3. The summed E-state index contributed by atoms with van der Waals surface area (Å²) in [5.74, 6) is -3.50. The predicted octanol–water partition coefficient (Wildman–Crippen LogP) is 0.660. The van der Waals surface area contributed by atoms with Gasteiger partial charge in [-0.1, -0.05) is 45.9 Å². The first-order valence-corrected chi connectivity index (χ1v) is 12.4. The Hall–Kier alpha value is -3.44. The van der Waals surface area contributed by atoms with E-state index in [2.05, 4.69) is 20.9 Å². The van der Waals surface area contributed by atoms with Crippen molar-refractivity contribution in [3.8, 4) is 0 Å². The second-order valence-corrected chi connectivity index (χ2v) is 10.2. The number of hydrogen-bond acceptors (Lipinski definition) is 6. The van der Waals surface area contributed by atoms with Crippen molar-refractivity contribution < 1.29 is 29.4 Å². The number of nitrogens with one attached hydrogen (secondary N) is 4. The third kappa shape index (κ3) is 8.29. The van der Waals surface area contributed by atoms with E-state index >= 15 is 0 Å². The highest BCUT2D eigenvalue weighted by atomic mass is 16.4. The number of aliphatic carboxylic acids is 1. The summed E-state index contributed by atoms with van der Waals surface area (Å²) < 4.78 is 0. The van der Waals surface area contributed by atoms with E-state index in [1.54, 1.807) is 20.0 Å². The SMILES string of the molecule is CC(C)CC(NC(=O)C(Cc1c[nH]c2ccccc12)NC(=O)C(NC(=O)C(N)C(C)O)C(C)C)C(=O)O. The minimum atomic E-state index is -1.23. The Morgan fingerprint density at radius 3 is 2.11 bits per heavy atom. The minimum Gasteiger partial charge on any atom is -0.480 e. The molecule has 0 saturated heterocycles. The molecule has 0 fully saturated rings. The maximum absolute atomic E-state index is 13.3. The standard InChI is InChI=1S/C26H39N5O6/c1-13(2)10-20(26(36)37)30-23(33)19(11-16-12-28-18-9-7-6-8-17(16)18)29-25(35)22(14(3)4)31-24(34)21(27)15(5)32/h6-9,12-15,19-22,28,32H,10-11,27H2,1-5H3,(H,29,35)(H,30,33)(H,31,34)(H,36,37). The molecule has 11 nitrogen and oxygen atoms in total. The monoisotopic (exact) mass is 517 g/mol. The molecule has 0 aliphatic carbocycles. The summed E-state index contributed by atoms with van der Waals surface area (Å²) in [4.78, 5) is 53.9. The van der Waals surface area contributed by atoms with Crippen molar-refractivity contribution in [1.82, 2.24) is 20.9 Å². The number of carboxylic acid groups (broad SMARTS) is 1. The number of nitrogens with two attached hydrogens (primary N) is 1. The minimum absolute atomic E-state index is 0.0155. The Kier molecular flexibility index (Phi) is 10.6. The fourth-order valence-electron chi connectivity index (χ4n) is 3.96. The number of hydrogen-bond donors (Lipinski definition) is 7. The highest BCUT2D eigenvalue weighted by Crippen LogP contribution is 2.19. The second kappa shape index (κ2) is 13.2. The molecular formula is C26H39N5O6. The highest BCUT2D eigenvalue weighted by molar-refractivity contribution is 5.95. The van der Waals surface area contributed by atoms with Crippen molar-refractivity contribution in [3.63, 3.8) is 0 Å². The van der Waals surface area contributed by atoms with Gasteiger partial charge in [-0.05, 0) is 36.8 Å². The Balaban J connectivity index is 2.32. The number of para-hydroxylation sites is 1. The van der Waals surface area contributed by atoms with Crippen molar-refractivity contribution >= 4 is 34.6 Å². The third-order valence-electron chi connectivity index (χ3n) is 6.12. The summed E-state index contributed by atoms with van der Waals surface area (Å²) in [5, 5.41) is 27.9. The zero-order valence-electron chi connectivity index (χ0n) is 21.9. The fraction of sp³-hybridized carbons (Fsp3) is 0.538. The number of aliphatic hydroxyl groups is 1. The van der Waals surface area contributed by atoms with Crippen LogP contribution >= 0.6 is 0 Å². The number of carbonyl (C=O) groups excluding carboxylic acids is 3. The molecule has 0 saturated carbocycles. The van der Waals surface area contributed by atoms with Gasteiger partial charge in [0, 0.05) is 23.5 Å². The quantitative estimate of drug-likeness (QED) is 0.203. The fourth-order valence-corrected chi connectivity index (χ4v) is 3.96. The molecule has 0 bridgehead atoms. The first-order chi connectivity index (χ1) is 17.3. The average molecular weight is 518 g/mol. The number of carbonyl (C=O) groups is 4. The maximum Gasteiger partial charge on any atom is 0.326 e. The molecule has 1 aromatic heterocycles. The molecule has 0 aliphatic heterocycles. The van der Waals surface area contributed by atoms with Crippen LogP contribution in [0, 0.1) is 11.8 Å². The number of benzene rings is 1. The Morgan fingerprint density at radius 2 is 1.54 bits per heavy atom. The number of aromatic amines is 1. The lowest BCUT2D eigenvalue weighted by Gasteiger charge is -2.27. The normalized spacial score (nSPS) is 15.6. The van der Waals surface area contributed by atoms with E-state index in [-0.39, 0.29) is 24.7 Å². The second-order valence-electron chi connectivity index (χ2n) is 10.2. The van der Waals surface area contributed by atoms with E-state index in [0.717, 1.165) is 16.5 Å².